The molecule has 0 radical (unpaired) electrons. The van der Waals surface area contributed by atoms with Crippen LogP contribution in [0, 0.1) is 11.6 Å². The standard InChI is InChI=1S/C18H17F2NO/c19-16-7-14-15(10-1-4-12(22)5-2-10)9-21-8-11-3-6-13(17(11)14)18(16)20/h1-2,4-5,7,11,15,21-22H,3,6,8-9H2/t11-,15+/m0/s1. The van der Waals surface area contributed by atoms with Gasteiger partial charge in [-0.25, -0.2) is 8.78 Å². The van der Waals surface area contributed by atoms with E-state index in [4.69, 9.17) is 0 Å². The van der Waals surface area contributed by atoms with Gasteiger partial charge in [-0.1, -0.05) is 12.1 Å². The van der Waals surface area contributed by atoms with E-state index < -0.39 is 11.6 Å². The molecule has 2 aromatic carbocycles. The minimum Gasteiger partial charge on any atom is -0.508 e. The van der Waals surface area contributed by atoms with E-state index in [9.17, 15) is 13.9 Å². The van der Waals surface area contributed by atoms with Crippen molar-refractivity contribution in [2.24, 2.45) is 0 Å². The first-order valence-electron chi connectivity index (χ1n) is 7.65. The number of benzene rings is 2. The van der Waals surface area contributed by atoms with Crippen molar-refractivity contribution in [1.29, 1.82) is 0 Å². The molecule has 0 amide bonds. The van der Waals surface area contributed by atoms with Gasteiger partial charge in [0.05, 0.1) is 0 Å². The van der Waals surface area contributed by atoms with Crippen LogP contribution in [0.1, 0.15) is 40.5 Å². The molecule has 0 spiro atoms. The number of nitrogens with one attached hydrogen (secondary N) is 1. The van der Waals surface area contributed by atoms with Crippen LogP contribution in [-0.2, 0) is 6.42 Å². The number of aromatic hydroxyl groups is 1. The summed E-state index contributed by atoms with van der Waals surface area (Å²) in [5.41, 5.74) is 3.47. The van der Waals surface area contributed by atoms with E-state index in [2.05, 4.69) is 5.32 Å². The Labute approximate surface area is 127 Å². The van der Waals surface area contributed by atoms with Crippen molar-refractivity contribution in [2.75, 3.05) is 13.1 Å². The summed E-state index contributed by atoms with van der Waals surface area (Å²) in [6.45, 7) is 1.50. The molecule has 1 heterocycles. The molecule has 0 unspecified atom stereocenters. The molecule has 0 saturated heterocycles. The summed E-state index contributed by atoms with van der Waals surface area (Å²) in [5.74, 6) is -0.971. The van der Waals surface area contributed by atoms with Crippen LogP contribution in [0.2, 0.25) is 0 Å². The fourth-order valence-corrected chi connectivity index (χ4v) is 3.91. The molecule has 2 atom stereocenters. The van der Waals surface area contributed by atoms with Gasteiger partial charge in [-0.15, -0.1) is 0 Å². The van der Waals surface area contributed by atoms with Crippen molar-refractivity contribution in [3.8, 4) is 5.75 Å². The molecule has 2 aromatic rings. The molecular weight excluding hydrogens is 284 g/mol. The average Bonchev–Trinajstić information content (AvgIpc) is 2.85. The van der Waals surface area contributed by atoms with E-state index in [1.54, 1.807) is 12.1 Å². The molecule has 0 fully saturated rings. The topological polar surface area (TPSA) is 32.3 Å². The maximum Gasteiger partial charge on any atom is 0.162 e. The van der Waals surface area contributed by atoms with Crippen LogP contribution >= 0.6 is 0 Å². The van der Waals surface area contributed by atoms with E-state index in [0.717, 1.165) is 29.7 Å². The minimum atomic E-state index is -0.750. The van der Waals surface area contributed by atoms with Crippen LogP contribution in [-0.4, -0.2) is 18.2 Å². The predicted octanol–water partition coefficient (Wildman–Crippen LogP) is 3.44. The van der Waals surface area contributed by atoms with Crippen LogP contribution in [0.15, 0.2) is 30.3 Å². The normalized spacial score (nSPS) is 23.2. The molecule has 0 saturated carbocycles. The molecule has 0 bridgehead atoms. The molecule has 22 heavy (non-hydrogen) atoms. The van der Waals surface area contributed by atoms with Crippen molar-refractivity contribution < 1.29 is 13.9 Å². The summed E-state index contributed by atoms with van der Waals surface area (Å²) >= 11 is 0. The molecule has 4 heteroatoms. The SMILES string of the molecule is Oc1ccc([C@H]2CNC[C@@H]3CCc4c(F)c(F)cc2c43)cc1. The van der Waals surface area contributed by atoms with Crippen LogP contribution in [0.4, 0.5) is 8.78 Å². The van der Waals surface area contributed by atoms with Gasteiger partial charge in [0.1, 0.15) is 5.75 Å². The molecule has 0 aromatic heterocycles. The Kier molecular flexibility index (Phi) is 3.15. The number of phenolic OH excluding ortho intramolecular Hbond substituents is 1. The van der Waals surface area contributed by atoms with Gasteiger partial charge >= 0.3 is 0 Å². The Morgan fingerprint density at radius 3 is 2.64 bits per heavy atom. The van der Waals surface area contributed by atoms with Gasteiger partial charge in [0, 0.05) is 19.0 Å². The van der Waals surface area contributed by atoms with Gasteiger partial charge in [-0.05, 0) is 59.2 Å². The third-order valence-corrected chi connectivity index (χ3v) is 4.95. The third-order valence-electron chi connectivity index (χ3n) is 4.95. The molecule has 2 aliphatic rings. The zero-order valence-electron chi connectivity index (χ0n) is 12.1. The van der Waals surface area contributed by atoms with Gasteiger partial charge in [0.15, 0.2) is 11.6 Å². The second-order valence-corrected chi connectivity index (χ2v) is 6.19. The maximum atomic E-state index is 14.1. The lowest BCUT2D eigenvalue weighted by molar-refractivity contribution is 0.475. The lowest BCUT2D eigenvalue weighted by atomic mass is 9.85. The van der Waals surface area contributed by atoms with Gasteiger partial charge < -0.3 is 10.4 Å². The zero-order valence-corrected chi connectivity index (χ0v) is 12.1. The smallest absolute Gasteiger partial charge is 0.162 e. The first kappa shape index (κ1) is 13.7. The van der Waals surface area contributed by atoms with E-state index in [0.29, 0.717) is 18.5 Å². The maximum absolute atomic E-state index is 14.1. The zero-order chi connectivity index (χ0) is 15.3. The summed E-state index contributed by atoms with van der Waals surface area (Å²) in [5, 5.41) is 12.9. The monoisotopic (exact) mass is 301 g/mol. The van der Waals surface area contributed by atoms with Gasteiger partial charge in [0.25, 0.3) is 0 Å². The van der Waals surface area contributed by atoms with Crippen molar-refractivity contribution in [1.82, 2.24) is 5.32 Å². The highest BCUT2D eigenvalue weighted by atomic mass is 19.2. The van der Waals surface area contributed by atoms with Crippen molar-refractivity contribution in [3.05, 3.63) is 64.2 Å². The molecule has 2 nitrogen and oxygen atoms in total. The molecule has 1 aliphatic carbocycles. The molecule has 2 N–H and O–H groups in total. The minimum absolute atomic E-state index is 0.0208. The van der Waals surface area contributed by atoms with Crippen LogP contribution < -0.4 is 5.32 Å². The van der Waals surface area contributed by atoms with Crippen LogP contribution in [0.25, 0.3) is 0 Å². The number of halogens is 2. The number of phenols is 1. The van der Waals surface area contributed by atoms with Crippen molar-refractivity contribution in [2.45, 2.75) is 24.7 Å². The summed E-state index contributed by atoms with van der Waals surface area (Å²) in [6, 6.07) is 8.35. The Morgan fingerprint density at radius 2 is 1.86 bits per heavy atom. The number of hydrogen-bond acceptors (Lipinski definition) is 2. The Hall–Kier alpha value is -1.94. The number of hydrogen-bond donors (Lipinski definition) is 2. The molecular formula is C18H17F2NO. The summed E-state index contributed by atoms with van der Waals surface area (Å²) in [4.78, 5) is 0. The lowest BCUT2D eigenvalue weighted by Gasteiger charge is -2.20. The molecule has 4 rings (SSSR count). The Morgan fingerprint density at radius 1 is 1.09 bits per heavy atom. The Bertz CT molecular complexity index is 727. The third kappa shape index (κ3) is 2.02. The van der Waals surface area contributed by atoms with E-state index in [1.165, 1.54) is 6.07 Å². The van der Waals surface area contributed by atoms with E-state index >= 15 is 0 Å². The quantitative estimate of drug-likeness (QED) is 0.846. The fraction of sp³-hybridized carbons (Fsp3) is 0.333. The summed E-state index contributed by atoms with van der Waals surface area (Å²) in [7, 11) is 0. The summed E-state index contributed by atoms with van der Waals surface area (Å²) in [6.07, 6.45) is 1.48. The van der Waals surface area contributed by atoms with Crippen molar-refractivity contribution in [3.63, 3.8) is 0 Å². The highest BCUT2D eigenvalue weighted by Gasteiger charge is 2.34. The lowest BCUT2D eigenvalue weighted by Crippen LogP contribution is -2.22. The van der Waals surface area contributed by atoms with Crippen molar-refractivity contribution >= 4 is 0 Å². The second kappa shape index (κ2) is 5.06. The largest absolute Gasteiger partial charge is 0.508 e. The van der Waals surface area contributed by atoms with Crippen LogP contribution in [0.5, 0.6) is 5.75 Å². The first-order valence-corrected chi connectivity index (χ1v) is 7.65. The molecule has 114 valence electrons. The number of rotatable bonds is 1. The average molecular weight is 301 g/mol. The first-order chi connectivity index (χ1) is 10.6. The predicted molar refractivity (Wildman–Crippen MR) is 80.2 cm³/mol. The summed E-state index contributed by atoms with van der Waals surface area (Å²) < 4.78 is 28.1. The molecule has 1 aliphatic heterocycles. The second-order valence-electron chi connectivity index (χ2n) is 6.19. The van der Waals surface area contributed by atoms with Gasteiger partial charge in [0.2, 0.25) is 0 Å². The Balaban J connectivity index is 1.90. The highest BCUT2D eigenvalue weighted by molar-refractivity contribution is 5.49. The van der Waals surface area contributed by atoms with E-state index in [-0.39, 0.29) is 17.6 Å². The highest BCUT2D eigenvalue weighted by Crippen LogP contribution is 2.43. The van der Waals surface area contributed by atoms with Gasteiger partial charge in [-0.2, -0.15) is 0 Å². The van der Waals surface area contributed by atoms with E-state index in [1.807, 2.05) is 12.1 Å². The fourth-order valence-electron chi connectivity index (χ4n) is 3.91. The van der Waals surface area contributed by atoms with Crippen LogP contribution in [0.3, 0.4) is 0 Å². The van der Waals surface area contributed by atoms with Gasteiger partial charge in [-0.3, -0.25) is 0 Å².